The molecule has 1 saturated carbocycles. The van der Waals surface area contributed by atoms with Crippen molar-refractivity contribution in [1.29, 1.82) is 0 Å². The number of aromatic nitrogens is 3. The zero-order chi connectivity index (χ0) is 26.8. The molecule has 1 amide bonds. The van der Waals surface area contributed by atoms with Crippen LogP contribution in [0.1, 0.15) is 57.4 Å². The summed E-state index contributed by atoms with van der Waals surface area (Å²) in [6.45, 7) is 1.80. The number of rotatable bonds is 8. The van der Waals surface area contributed by atoms with E-state index in [0.717, 1.165) is 73.0 Å². The number of benzene rings is 1. The first-order valence-corrected chi connectivity index (χ1v) is 14.1. The number of nitrogens with two attached hydrogens (primary N) is 2. The Balaban J connectivity index is 1.12. The number of ether oxygens (including phenoxy) is 2. The number of primary amides is 1. The molecular formula is C29H36N6O4. The maximum absolute atomic E-state index is 11.8. The Morgan fingerprint density at radius 1 is 1.21 bits per heavy atom. The molecule has 10 heteroatoms. The van der Waals surface area contributed by atoms with Gasteiger partial charge in [0.1, 0.15) is 35.7 Å². The van der Waals surface area contributed by atoms with Gasteiger partial charge in [-0.05, 0) is 75.6 Å². The van der Waals surface area contributed by atoms with E-state index in [1.54, 1.807) is 0 Å². The third kappa shape index (κ3) is 4.34. The van der Waals surface area contributed by atoms with Crippen LogP contribution in [0.5, 0.6) is 5.75 Å². The number of fused-ring (bicyclic) bond motifs is 3. The Hall–Kier alpha value is -3.21. The number of β-amino-alcohol motifs (C(OH)–C–C–N with tert-alkyl or cyclic N) is 1. The molecule has 1 aliphatic carbocycles. The first kappa shape index (κ1) is 24.8. The second kappa shape index (κ2) is 9.18. The molecule has 3 aliphatic heterocycles. The van der Waals surface area contributed by atoms with E-state index in [2.05, 4.69) is 20.7 Å². The Labute approximate surface area is 227 Å². The summed E-state index contributed by atoms with van der Waals surface area (Å²) in [5.74, 6) is 0.908. The van der Waals surface area contributed by atoms with Crippen LogP contribution in [0.3, 0.4) is 0 Å². The standard InChI is InChI=1S/C29H36N6O4/c30-25-24-22(18-3-1-4-21(11-18)38-16-29-8-6-20(39-29)7-9-29)14-35(27(24)33-17-32-25)19-12-28(37,13-19)15-34-10-2-5-23(34)26(31)36/h1,3-4,11,14,17,19-20,23,37H,2,5-10,12-13,15-16H2,(H2,31,36)(H2,30,32,33)/t19?,20?,23-,28?,29?/m0/s1. The molecule has 0 radical (unpaired) electrons. The zero-order valence-corrected chi connectivity index (χ0v) is 22.1. The minimum absolute atomic E-state index is 0.0588. The highest BCUT2D eigenvalue weighted by molar-refractivity contribution is 6.00. The van der Waals surface area contributed by atoms with E-state index >= 15 is 0 Å². The number of nitrogen functional groups attached to an aromatic ring is 1. The van der Waals surface area contributed by atoms with Crippen LogP contribution in [0.4, 0.5) is 5.82 Å². The molecule has 206 valence electrons. The number of anilines is 1. The maximum Gasteiger partial charge on any atom is 0.234 e. The van der Waals surface area contributed by atoms with Crippen molar-refractivity contribution in [3.63, 3.8) is 0 Å². The average Bonchev–Trinajstić information content (AvgIpc) is 3.70. The van der Waals surface area contributed by atoms with Crippen molar-refractivity contribution in [2.75, 3.05) is 25.4 Å². The quantitative estimate of drug-likeness (QED) is 0.402. The first-order chi connectivity index (χ1) is 18.8. The maximum atomic E-state index is 11.8. The molecule has 10 nitrogen and oxygen atoms in total. The lowest BCUT2D eigenvalue weighted by atomic mass is 9.75. The van der Waals surface area contributed by atoms with Crippen molar-refractivity contribution in [1.82, 2.24) is 19.4 Å². The van der Waals surface area contributed by atoms with Gasteiger partial charge in [-0.15, -0.1) is 0 Å². The summed E-state index contributed by atoms with van der Waals surface area (Å²) in [5, 5.41) is 12.1. The van der Waals surface area contributed by atoms with Crippen molar-refractivity contribution in [2.45, 2.75) is 80.8 Å². The number of amides is 1. The number of carbonyl (C=O) groups excluding carboxylic acids is 1. The molecule has 3 saturated heterocycles. The van der Waals surface area contributed by atoms with Gasteiger partial charge in [-0.25, -0.2) is 9.97 Å². The SMILES string of the molecule is NC(=O)[C@@H]1CCCN1CC1(O)CC(n2cc(-c3cccc(OCC45CCC(CC4)O5)c3)c3c(N)ncnc32)C1. The molecule has 1 aromatic carbocycles. The van der Waals surface area contributed by atoms with Crippen LogP contribution in [-0.4, -0.2) is 73.5 Å². The molecule has 5 heterocycles. The monoisotopic (exact) mass is 532 g/mol. The van der Waals surface area contributed by atoms with Crippen molar-refractivity contribution in [3.05, 3.63) is 36.8 Å². The Kier molecular flexibility index (Phi) is 5.84. The fraction of sp³-hybridized carbons (Fsp3) is 0.552. The number of hydrogen-bond acceptors (Lipinski definition) is 8. The molecule has 2 bridgehead atoms. The normalized spacial score (nSPS) is 32.1. The van der Waals surface area contributed by atoms with Crippen LogP contribution in [0.2, 0.25) is 0 Å². The largest absolute Gasteiger partial charge is 0.491 e. The summed E-state index contributed by atoms with van der Waals surface area (Å²) in [6, 6.07) is 7.82. The van der Waals surface area contributed by atoms with E-state index in [1.165, 1.54) is 6.33 Å². The van der Waals surface area contributed by atoms with Gasteiger partial charge in [-0.3, -0.25) is 9.69 Å². The second-order valence-corrected chi connectivity index (χ2v) is 12.0. The van der Waals surface area contributed by atoms with Gasteiger partial charge in [0.05, 0.1) is 23.1 Å². The van der Waals surface area contributed by atoms with Gasteiger partial charge in [0.2, 0.25) is 5.91 Å². The third-order valence-electron chi connectivity index (χ3n) is 9.36. The van der Waals surface area contributed by atoms with Crippen LogP contribution >= 0.6 is 0 Å². The first-order valence-electron chi connectivity index (χ1n) is 14.1. The van der Waals surface area contributed by atoms with Gasteiger partial charge in [0.15, 0.2) is 0 Å². The molecule has 4 fully saturated rings. The van der Waals surface area contributed by atoms with Crippen molar-refractivity contribution in [2.24, 2.45) is 5.73 Å². The van der Waals surface area contributed by atoms with Crippen molar-refractivity contribution >= 4 is 22.8 Å². The lowest BCUT2D eigenvalue weighted by Gasteiger charge is -2.46. The zero-order valence-electron chi connectivity index (χ0n) is 22.1. The van der Waals surface area contributed by atoms with Gasteiger partial charge in [0.25, 0.3) is 0 Å². The summed E-state index contributed by atoms with van der Waals surface area (Å²) in [5.41, 5.74) is 13.6. The number of likely N-dealkylation sites (tertiary alicyclic amines) is 1. The molecule has 0 spiro atoms. The summed E-state index contributed by atoms with van der Waals surface area (Å²) in [7, 11) is 0. The topological polar surface area (TPSA) is 142 Å². The van der Waals surface area contributed by atoms with E-state index in [-0.39, 0.29) is 23.6 Å². The highest BCUT2D eigenvalue weighted by Crippen LogP contribution is 2.47. The summed E-state index contributed by atoms with van der Waals surface area (Å²) < 4.78 is 14.6. The number of carbonyl (C=O) groups is 1. The highest BCUT2D eigenvalue weighted by Gasteiger charge is 2.48. The van der Waals surface area contributed by atoms with Crippen molar-refractivity contribution < 1.29 is 19.4 Å². The Morgan fingerprint density at radius 2 is 2.03 bits per heavy atom. The summed E-state index contributed by atoms with van der Waals surface area (Å²) in [6.07, 6.45) is 11.1. The molecule has 4 aliphatic rings. The lowest BCUT2D eigenvalue weighted by Crippen LogP contribution is -2.55. The number of nitrogens with zero attached hydrogens (tertiary/aromatic N) is 4. The number of aliphatic hydroxyl groups is 1. The van der Waals surface area contributed by atoms with E-state index in [4.69, 9.17) is 20.9 Å². The fourth-order valence-corrected chi connectivity index (χ4v) is 7.32. The molecule has 5 N–H and O–H groups in total. The molecule has 1 atom stereocenters. The minimum atomic E-state index is -0.868. The van der Waals surface area contributed by atoms with Gasteiger partial charge in [-0.1, -0.05) is 12.1 Å². The molecular weight excluding hydrogens is 496 g/mol. The molecule has 2 aromatic heterocycles. The van der Waals surface area contributed by atoms with Crippen LogP contribution in [-0.2, 0) is 9.53 Å². The van der Waals surface area contributed by atoms with Crippen molar-refractivity contribution in [3.8, 4) is 16.9 Å². The summed E-state index contributed by atoms with van der Waals surface area (Å²) >= 11 is 0. The fourth-order valence-electron chi connectivity index (χ4n) is 7.32. The van der Waals surface area contributed by atoms with Gasteiger partial charge in [-0.2, -0.15) is 0 Å². The third-order valence-corrected chi connectivity index (χ3v) is 9.36. The second-order valence-electron chi connectivity index (χ2n) is 12.0. The van der Waals surface area contributed by atoms with Crippen LogP contribution in [0.15, 0.2) is 36.8 Å². The van der Waals surface area contributed by atoms with E-state index in [1.807, 2.05) is 29.2 Å². The van der Waals surface area contributed by atoms with E-state index in [0.29, 0.717) is 37.9 Å². The minimum Gasteiger partial charge on any atom is -0.491 e. The van der Waals surface area contributed by atoms with E-state index < -0.39 is 5.60 Å². The number of hydrogen-bond donors (Lipinski definition) is 3. The van der Waals surface area contributed by atoms with Gasteiger partial charge < -0.3 is 30.6 Å². The average molecular weight is 533 g/mol. The predicted molar refractivity (Wildman–Crippen MR) is 146 cm³/mol. The lowest BCUT2D eigenvalue weighted by molar-refractivity contribution is -0.126. The van der Waals surface area contributed by atoms with Crippen LogP contribution < -0.4 is 16.2 Å². The van der Waals surface area contributed by atoms with Crippen LogP contribution in [0, 0.1) is 0 Å². The highest BCUT2D eigenvalue weighted by atomic mass is 16.6. The summed E-state index contributed by atoms with van der Waals surface area (Å²) in [4.78, 5) is 22.7. The molecule has 39 heavy (non-hydrogen) atoms. The van der Waals surface area contributed by atoms with Gasteiger partial charge >= 0.3 is 0 Å². The molecule has 0 unspecified atom stereocenters. The predicted octanol–water partition coefficient (Wildman–Crippen LogP) is 2.79. The smallest absolute Gasteiger partial charge is 0.234 e. The van der Waals surface area contributed by atoms with Gasteiger partial charge in [0, 0.05) is 24.3 Å². The Morgan fingerprint density at radius 3 is 2.77 bits per heavy atom. The van der Waals surface area contributed by atoms with Crippen LogP contribution in [0.25, 0.3) is 22.2 Å². The molecule has 3 aromatic rings. The Bertz CT molecular complexity index is 1410. The molecule has 7 rings (SSSR count). The van der Waals surface area contributed by atoms with E-state index in [9.17, 15) is 9.90 Å².